The number of likely N-dealkylation sites (tertiary alicyclic amines) is 1. The second kappa shape index (κ2) is 8.86. The van der Waals surface area contributed by atoms with Crippen molar-refractivity contribution in [2.45, 2.75) is 25.8 Å². The Bertz CT molecular complexity index is 755. The monoisotopic (exact) mass is 464 g/mol. The van der Waals surface area contributed by atoms with Crippen LogP contribution in [0.4, 0.5) is 0 Å². The highest BCUT2D eigenvalue weighted by atomic mass is 127. The molecule has 0 spiro atoms. The molecule has 1 fully saturated rings. The summed E-state index contributed by atoms with van der Waals surface area (Å²) in [6, 6.07) is 14.2. The van der Waals surface area contributed by atoms with Gasteiger partial charge in [-0.3, -0.25) is 9.69 Å². The minimum absolute atomic E-state index is 0.00388. The quantitative estimate of drug-likeness (QED) is 0.653. The maximum Gasteiger partial charge on any atom is 0.252 e. The van der Waals surface area contributed by atoms with Gasteiger partial charge in [-0.15, -0.1) is 0 Å². The summed E-state index contributed by atoms with van der Waals surface area (Å²) in [5.41, 5.74) is 3.09. The zero-order valence-electron chi connectivity index (χ0n) is 15.3. The minimum Gasteiger partial charge on any atom is -0.497 e. The molecule has 1 aliphatic heterocycles. The minimum atomic E-state index is -0.00388. The van der Waals surface area contributed by atoms with Gasteiger partial charge in [-0.1, -0.05) is 24.3 Å². The van der Waals surface area contributed by atoms with Gasteiger partial charge in [0.2, 0.25) is 0 Å². The van der Waals surface area contributed by atoms with Gasteiger partial charge < -0.3 is 10.1 Å². The molecule has 5 heteroatoms. The van der Waals surface area contributed by atoms with E-state index in [-0.39, 0.29) is 11.9 Å². The highest BCUT2D eigenvalue weighted by Gasteiger charge is 2.24. The van der Waals surface area contributed by atoms with Gasteiger partial charge in [0, 0.05) is 10.1 Å². The number of amides is 1. The summed E-state index contributed by atoms with van der Waals surface area (Å²) in [4.78, 5) is 15.2. The molecule has 4 nitrogen and oxygen atoms in total. The van der Waals surface area contributed by atoms with E-state index in [0.717, 1.165) is 33.5 Å². The molecule has 1 aliphatic rings. The fraction of sp³-hybridized carbons (Fsp3) is 0.381. The van der Waals surface area contributed by atoms with E-state index in [1.807, 2.05) is 37.3 Å². The van der Waals surface area contributed by atoms with E-state index in [2.05, 4.69) is 44.9 Å². The Balaban J connectivity index is 1.75. The number of carbonyl (C=O) groups is 1. The Kier molecular flexibility index (Phi) is 6.53. The van der Waals surface area contributed by atoms with E-state index < -0.39 is 0 Å². The number of ether oxygens (including phenoxy) is 1. The lowest BCUT2D eigenvalue weighted by Gasteiger charge is -2.28. The van der Waals surface area contributed by atoms with Crippen molar-refractivity contribution >= 4 is 28.5 Å². The highest BCUT2D eigenvalue weighted by molar-refractivity contribution is 14.1. The number of rotatable bonds is 6. The van der Waals surface area contributed by atoms with E-state index in [1.54, 1.807) is 7.11 Å². The molecule has 138 valence electrons. The van der Waals surface area contributed by atoms with Crippen molar-refractivity contribution in [1.82, 2.24) is 10.2 Å². The number of carbonyl (C=O) groups excluding carboxylic acids is 1. The van der Waals surface area contributed by atoms with Crippen LogP contribution in [0.25, 0.3) is 0 Å². The van der Waals surface area contributed by atoms with Crippen LogP contribution in [0.2, 0.25) is 0 Å². The summed E-state index contributed by atoms with van der Waals surface area (Å²) in [5.74, 6) is 0.850. The van der Waals surface area contributed by atoms with Gasteiger partial charge >= 0.3 is 0 Å². The van der Waals surface area contributed by atoms with Crippen molar-refractivity contribution in [2.24, 2.45) is 0 Å². The Morgan fingerprint density at radius 3 is 2.54 bits per heavy atom. The lowest BCUT2D eigenvalue weighted by molar-refractivity contribution is 0.0937. The Labute approximate surface area is 169 Å². The highest BCUT2D eigenvalue weighted by Crippen LogP contribution is 2.26. The van der Waals surface area contributed by atoms with Gasteiger partial charge in [0.25, 0.3) is 5.91 Å². The molecule has 2 aromatic carbocycles. The van der Waals surface area contributed by atoms with E-state index in [4.69, 9.17) is 4.74 Å². The second-order valence-electron chi connectivity index (χ2n) is 6.68. The molecule has 1 heterocycles. The molecule has 1 atom stereocenters. The third kappa shape index (κ3) is 4.38. The average molecular weight is 464 g/mol. The van der Waals surface area contributed by atoms with Crippen LogP contribution in [-0.4, -0.2) is 37.6 Å². The predicted octanol–water partition coefficient (Wildman–Crippen LogP) is 4.18. The molecule has 0 radical (unpaired) electrons. The van der Waals surface area contributed by atoms with Gasteiger partial charge in [0.05, 0.1) is 18.7 Å². The third-order valence-electron chi connectivity index (χ3n) is 4.97. The van der Waals surface area contributed by atoms with Crippen LogP contribution in [0, 0.1) is 10.5 Å². The Morgan fingerprint density at radius 1 is 1.19 bits per heavy atom. The molecule has 0 aliphatic carbocycles. The summed E-state index contributed by atoms with van der Waals surface area (Å²) in [7, 11) is 1.68. The number of benzene rings is 2. The van der Waals surface area contributed by atoms with Crippen molar-refractivity contribution in [3.8, 4) is 5.75 Å². The molecule has 2 aromatic rings. The van der Waals surface area contributed by atoms with Crippen molar-refractivity contribution in [2.75, 3.05) is 26.7 Å². The van der Waals surface area contributed by atoms with Crippen LogP contribution in [0.15, 0.2) is 42.5 Å². The fourth-order valence-electron chi connectivity index (χ4n) is 3.44. The van der Waals surface area contributed by atoms with Crippen molar-refractivity contribution < 1.29 is 9.53 Å². The topological polar surface area (TPSA) is 41.6 Å². The van der Waals surface area contributed by atoms with Crippen LogP contribution in [0.3, 0.4) is 0 Å². The summed E-state index contributed by atoms with van der Waals surface area (Å²) in [6.07, 6.45) is 2.44. The van der Waals surface area contributed by atoms with E-state index in [0.29, 0.717) is 6.54 Å². The lowest BCUT2D eigenvalue weighted by atomic mass is 10.0. The standard InChI is InChI=1S/C21H25IN2O2/c1-15-6-5-7-18(20(15)22)21(25)23-14-19(24-12-3-4-13-24)16-8-10-17(26-2)11-9-16/h5-11,19H,3-4,12-14H2,1-2H3,(H,23,25). The predicted molar refractivity (Wildman–Crippen MR) is 113 cm³/mol. The molecule has 1 saturated heterocycles. The summed E-state index contributed by atoms with van der Waals surface area (Å²) in [5, 5.41) is 3.15. The van der Waals surface area contributed by atoms with Gasteiger partial charge in [-0.05, 0) is 84.8 Å². The smallest absolute Gasteiger partial charge is 0.252 e. The first-order chi connectivity index (χ1) is 12.6. The Morgan fingerprint density at radius 2 is 1.88 bits per heavy atom. The largest absolute Gasteiger partial charge is 0.497 e. The maximum absolute atomic E-state index is 12.7. The van der Waals surface area contributed by atoms with Crippen molar-refractivity contribution in [1.29, 1.82) is 0 Å². The van der Waals surface area contributed by atoms with Crippen LogP contribution in [0.5, 0.6) is 5.75 Å². The molecular formula is C21H25IN2O2. The molecule has 0 saturated carbocycles. The zero-order chi connectivity index (χ0) is 18.5. The SMILES string of the molecule is COc1ccc(C(CNC(=O)c2cccc(C)c2I)N2CCCC2)cc1. The maximum atomic E-state index is 12.7. The summed E-state index contributed by atoms with van der Waals surface area (Å²) >= 11 is 2.25. The van der Waals surface area contributed by atoms with Gasteiger partial charge in [-0.2, -0.15) is 0 Å². The lowest BCUT2D eigenvalue weighted by Crippen LogP contribution is -2.37. The molecule has 0 aromatic heterocycles. The molecular weight excluding hydrogens is 439 g/mol. The van der Waals surface area contributed by atoms with Gasteiger partial charge in [-0.25, -0.2) is 0 Å². The molecule has 3 rings (SSSR count). The zero-order valence-corrected chi connectivity index (χ0v) is 17.5. The normalized spacial score (nSPS) is 15.7. The number of methoxy groups -OCH3 is 1. The molecule has 26 heavy (non-hydrogen) atoms. The summed E-state index contributed by atoms with van der Waals surface area (Å²) in [6.45, 7) is 4.79. The van der Waals surface area contributed by atoms with E-state index in [9.17, 15) is 4.79 Å². The number of hydrogen-bond donors (Lipinski definition) is 1. The van der Waals surface area contributed by atoms with Crippen LogP contribution in [-0.2, 0) is 0 Å². The van der Waals surface area contributed by atoms with Gasteiger partial charge in [0.1, 0.15) is 5.75 Å². The number of nitrogens with zero attached hydrogens (tertiary/aromatic N) is 1. The molecule has 1 amide bonds. The first-order valence-corrected chi connectivity index (χ1v) is 10.1. The number of nitrogens with one attached hydrogen (secondary N) is 1. The molecule has 1 N–H and O–H groups in total. The van der Waals surface area contributed by atoms with E-state index >= 15 is 0 Å². The second-order valence-corrected chi connectivity index (χ2v) is 7.76. The fourth-order valence-corrected chi connectivity index (χ4v) is 4.05. The first-order valence-electron chi connectivity index (χ1n) is 9.01. The first kappa shape index (κ1) is 19.2. The number of halogens is 1. The number of aryl methyl sites for hydroxylation is 1. The van der Waals surface area contributed by atoms with Crippen molar-refractivity contribution in [3.63, 3.8) is 0 Å². The molecule has 0 bridgehead atoms. The van der Waals surface area contributed by atoms with E-state index in [1.165, 1.54) is 18.4 Å². The Hall–Kier alpha value is -1.60. The van der Waals surface area contributed by atoms with Crippen LogP contribution >= 0.6 is 22.6 Å². The van der Waals surface area contributed by atoms with Crippen LogP contribution < -0.4 is 10.1 Å². The molecule has 1 unspecified atom stereocenters. The van der Waals surface area contributed by atoms with Crippen LogP contribution in [0.1, 0.15) is 40.4 Å². The number of hydrogen-bond acceptors (Lipinski definition) is 3. The van der Waals surface area contributed by atoms with Gasteiger partial charge in [0.15, 0.2) is 0 Å². The summed E-state index contributed by atoms with van der Waals surface area (Å²) < 4.78 is 6.29. The van der Waals surface area contributed by atoms with Crippen molar-refractivity contribution in [3.05, 3.63) is 62.7 Å². The third-order valence-corrected chi connectivity index (χ3v) is 6.41. The average Bonchev–Trinajstić information content (AvgIpc) is 3.19.